The van der Waals surface area contributed by atoms with Gasteiger partial charge >= 0.3 is 5.97 Å². The van der Waals surface area contributed by atoms with Crippen LogP contribution in [0.4, 0.5) is 0 Å². The molecule has 1 fully saturated rings. The Morgan fingerprint density at radius 1 is 1.64 bits per heavy atom. The van der Waals surface area contributed by atoms with Gasteiger partial charge in [-0.05, 0) is 18.9 Å². The second-order valence-corrected chi connectivity index (χ2v) is 3.36. The van der Waals surface area contributed by atoms with E-state index in [0.717, 1.165) is 12.8 Å². The van der Waals surface area contributed by atoms with Crippen LogP contribution in [0.15, 0.2) is 12.2 Å². The average molecular weight is 152 g/mol. The minimum absolute atomic E-state index is 0.0217. The topological polar surface area (TPSA) is 26.3 Å². The third-order valence-corrected chi connectivity index (χ3v) is 2.68. The van der Waals surface area contributed by atoms with Crippen LogP contribution in [0.1, 0.15) is 19.8 Å². The number of rotatable bonds is 0. The Labute approximate surface area is 66.2 Å². The van der Waals surface area contributed by atoms with Gasteiger partial charge in [0.05, 0.1) is 5.92 Å². The zero-order valence-electron chi connectivity index (χ0n) is 6.62. The van der Waals surface area contributed by atoms with Crippen LogP contribution in [-0.4, -0.2) is 12.1 Å². The molecule has 0 saturated carbocycles. The molecular weight excluding hydrogens is 140 g/mol. The molecule has 60 valence electrons. The minimum atomic E-state index is -0.0217. The molecule has 2 nitrogen and oxygen atoms in total. The third-order valence-electron chi connectivity index (χ3n) is 2.68. The first-order valence-corrected chi connectivity index (χ1v) is 4.16. The van der Waals surface area contributed by atoms with E-state index in [0.29, 0.717) is 5.92 Å². The maximum atomic E-state index is 11.1. The first-order valence-electron chi connectivity index (χ1n) is 4.16. The van der Waals surface area contributed by atoms with E-state index in [-0.39, 0.29) is 18.0 Å². The van der Waals surface area contributed by atoms with Crippen LogP contribution >= 0.6 is 0 Å². The highest BCUT2D eigenvalue weighted by Crippen LogP contribution is 2.35. The molecule has 1 aliphatic heterocycles. The highest BCUT2D eigenvalue weighted by molar-refractivity contribution is 5.75. The van der Waals surface area contributed by atoms with Crippen molar-refractivity contribution in [2.45, 2.75) is 25.9 Å². The SMILES string of the molecule is C[C@H]1C(=O)O[C@H]2C=CCC[C@H]21. The summed E-state index contributed by atoms with van der Waals surface area (Å²) in [4.78, 5) is 11.1. The second-order valence-electron chi connectivity index (χ2n) is 3.36. The standard InChI is InChI=1S/C9H12O2/c1-6-7-4-2-3-5-8(7)11-9(6)10/h3,5-8H,2,4H2,1H3/t6-,7+,8+/m1/s1. The van der Waals surface area contributed by atoms with Crippen LogP contribution in [0, 0.1) is 11.8 Å². The Morgan fingerprint density at radius 3 is 3.18 bits per heavy atom. The van der Waals surface area contributed by atoms with E-state index in [1.54, 1.807) is 0 Å². The Morgan fingerprint density at radius 2 is 2.45 bits per heavy atom. The first-order chi connectivity index (χ1) is 5.29. The minimum Gasteiger partial charge on any atom is -0.458 e. The van der Waals surface area contributed by atoms with Crippen molar-refractivity contribution < 1.29 is 9.53 Å². The van der Waals surface area contributed by atoms with Gasteiger partial charge in [0.15, 0.2) is 0 Å². The summed E-state index contributed by atoms with van der Waals surface area (Å²) in [6, 6.07) is 0. The van der Waals surface area contributed by atoms with Gasteiger partial charge in [0.2, 0.25) is 0 Å². The lowest BCUT2D eigenvalue weighted by Gasteiger charge is -2.18. The Bertz CT molecular complexity index is 208. The lowest BCUT2D eigenvalue weighted by Crippen LogP contribution is -2.19. The molecule has 0 bridgehead atoms. The molecule has 0 aromatic heterocycles. The lowest BCUT2D eigenvalue weighted by atomic mass is 9.84. The largest absolute Gasteiger partial charge is 0.458 e. The molecule has 0 unspecified atom stereocenters. The molecule has 0 spiro atoms. The van der Waals surface area contributed by atoms with E-state index >= 15 is 0 Å². The molecule has 0 N–H and O–H groups in total. The third kappa shape index (κ3) is 0.971. The lowest BCUT2D eigenvalue weighted by molar-refractivity contribution is -0.142. The normalized spacial score (nSPS) is 41.9. The number of fused-ring (bicyclic) bond motifs is 1. The second kappa shape index (κ2) is 2.36. The highest BCUT2D eigenvalue weighted by Gasteiger charge is 2.40. The molecule has 0 aromatic rings. The number of hydrogen-bond donors (Lipinski definition) is 0. The molecule has 0 aromatic carbocycles. The summed E-state index contributed by atoms with van der Waals surface area (Å²) in [5, 5.41) is 0. The van der Waals surface area contributed by atoms with E-state index in [1.807, 2.05) is 13.0 Å². The summed E-state index contributed by atoms with van der Waals surface area (Å²) in [7, 11) is 0. The van der Waals surface area contributed by atoms with Gasteiger partial charge in [0.1, 0.15) is 6.10 Å². The fourth-order valence-corrected chi connectivity index (χ4v) is 1.90. The Hall–Kier alpha value is -0.790. The van der Waals surface area contributed by atoms with E-state index in [1.165, 1.54) is 0 Å². The average Bonchev–Trinajstić information content (AvgIpc) is 2.30. The quantitative estimate of drug-likeness (QED) is 0.388. The van der Waals surface area contributed by atoms with Gasteiger partial charge in [0, 0.05) is 5.92 Å². The predicted octanol–water partition coefficient (Wildman–Crippen LogP) is 1.51. The predicted molar refractivity (Wildman–Crippen MR) is 40.9 cm³/mol. The van der Waals surface area contributed by atoms with Crippen molar-refractivity contribution in [2.24, 2.45) is 11.8 Å². The van der Waals surface area contributed by atoms with Crippen molar-refractivity contribution in [2.75, 3.05) is 0 Å². The summed E-state index contributed by atoms with van der Waals surface area (Å²) in [5.41, 5.74) is 0. The first kappa shape index (κ1) is 6.89. The molecule has 11 heavy (non-hydrogen) atoms. The Kier molecular flexibility index (Phi) is 1.48. The van der Waals surface area contributed by atoms with Gasteiger partial charge in [-0.25, -0.2) is 0 Å². The zero-order chi connectivity index (χ0) is 7.84. The van der Waals surface area contributed by atoms with Crippen LogP contribution in [0.3, 0.4) is 0 Å². The van der Waals surface area contributed by atoms with Crippen molar-refractivity contribution in [3.8, 4) is 0 Å². The molecular formula is C9H12O2. The van der Waals surface area contributed by atoms with Gasteiger partial charge in [-0.15, -0.1) is 0 Å². The van der Waals surface area contributed by atoms with Crippen molar-refractivity contribution in [3.63, 3.8) is 0 Å². The monoisotopic (exact) mass is 152 g/mol. The number of allylic oxidation sites excluding steroid dienone is 1. The number of carbonyl (C=O) groups excluding carboxylic acids is 1. The summed E-state index contributed by atoms with van der Waals surface area (Å²) in [6.07, 6.45) is 6.42. The Balaban J connectivity index is 2.21. The van der Waals surface area contributed by atoms with Crippen molar-refractivity contribution >= 4 is 5.97 Å². The van der Waals surface area contributed by atoms with Crippen LogP contribution in [0.25, 0.3) is 0 Å². The van der Waals surface area contributed by atoms with Gasteiger partial charge in [-0.2, -0.15) is 0 Å². The number of ether oxygens (including phenoxy) is 1. The van der Waals surface area contributed by atoms with E-state index in [2.05, 4.69) is 6.08 Å². The van der Waals surface area contributed by atoms with E-state index in [9.17, 15) is 4.79 Å². The van der Waals surface area contributed by atoms with E-state index < -0.39 is 0 Å². The molecule has 1 aliphatic carbocycles. The summed E-state index contributed by atoms with van der Waals surface area (Å²) in [5.74, 6) is 0.545. The molecule has 2 heteroatoms. The van der Waals surface area contributed by atoms with Gasteiger partial charge in [-0.3, -0.25) is 4.79 Å². The molecule has 1 heterocycles. The maximum absolute atomic E-state index is 11.1. The molecule has 3 atom stereocenters. The smallest absolute Gasteiger partial charge is 0.309 e. The van der Waals surface area contributed by atoms with Gasteiger partial charge in [0.25, 0.3) is 0 Å². The van der Waals surface area contributed by atoms with Crippen LogP contribution in [0.2, 0.25) is 0 Å². The summed E-state index contributed by atoms with van der Waals surface area (Å²) in [6.45, 7) is 1.96. The molecule has 2 rings (SSSR count). The molecule has 0 amide bonds. The summed E-state index contributed by atoms with van der Waals surface area (Å²) >= 11 is 0. The highest BCUT2D eigenvalue weighted by atomic mass is 16.6. The molecule has 2 aliphatic rings. The van der Waals surface area contributed by atoms with Crippen molar-refractivity contribution in [1.82, 2.24) is 0 Å². The molecule has 0 radical (unpaired) electrons. The van der Waals surface area contributed by atoms with Crippen LogP contribution in [-0.2, 0) is 9.53 Å². The van der Waals surface area contributed by atoms with Gasteiger partial charge < -0.3 is 4.74 Å². The van der Waals surface area contributed by atoms with Crippen molar-refractivity contribution in [1.29, 1.82) is 0 Å². The number of carbonyl (C=O) groups is 1. The zero-order valence-corrected chi connectivity index (χ0v) is 6.62. The fourth-order valence-electron chi connectivity index (χ4n) is 1.90. The maximum Gasteiger partial charge on any atom is 0.309 e. The van der Waals surface area contributed by atoms with Crippen LogP contribution < -0.4 is 0 Å². The van der Waals surface area contributed by atoms with Gasteiger partial charge in [-0.1, -0.05) is 13.0 Å². The van der Waals surface area contributed by atoms with E-state index in [4.69, 9.17) is 4.74 Å². The van der Waals surface area contributed by atoms with Crippen molar-refractivity contribution in [3.05, 3.63) is 12.2 Å². The number of hydrogen-bond acceptors (Lipinski definition) is 2. The summed E-state index contributed by atoms with van der Waals surface area (Å²) < 4.78 is 5.15. The van der Waals surface area contributed by atoms with Crippen LogP contribution in [0.5, 0.6) is 0 Å². The molecule has 1 saturated heterocycles. The fraction of sp³-hybridized carbons (Fsp3) is 0.667. The number of esters is 1.